The Morgan fingerprint density at radius 2 is 2.10 bits per heavy atom. The summed E-state index contributed by atoms with van der Waals surface area (Å²) in [5, 5.41) is 3.23. The Labute approximate surface area is 117 Å². The van der Waals surface area contributed by atoms with E-state index in [2.05, 4.69) is 5.32 Å². The molecule has 1 atom stereocenters. The van der Waals surface area contributed by atoms with Gasteiger partial charge in [-0.1, -0.05) is 6.92 Å². The molecule has 0 aromatic heterocycles. The number of hydrogen-bond donors (Lipinski definition) is 1. The van der Waals surface area contributed by atoms with Gasteiger partial charge in [-0.2, -0.15) is 4.31 Å². The molecular formula is C13H18F2N2O2S. The molecule has 20 heavy (non-hydrogen) atoms. The zero-order valence-corrected chi connectivity index (χ0v) is 12.1. The molecule has 1 aliphatic heterocycles. The molecule has 0 bridgehead atoms. The molecule has 1 N–H and O–H groups in total. The second kappa shape index (κ2) is 6.15. The second-order valence-corrected chi connectivity index (χ2v) is 6.76. The van der Waals surface area contributed by atoms with Gasteiger partial charge in [-0.3, -0.25) is 0 Å². The quantitative estimate of drug-likeness (QED) is 0.901. The van der Waals surface area contributed by atoms with Crippen molar-refractivity contribution in [2.45, 2.75) is 30.7 Å². The summed E-state index contributed by atoms with van der Waals surface area (Å²) in [6, 6.07) is 2.78. The van der Waals surface area contributed by atoms with Crippen LogP contribution in [0.1, 0.15) is 19.8 Å². The van der Waals surface area contributed by atoms with Crippen molar-refractivity contribution >= 4 is 10.0 Å². The lowest BCUT2D eigenvalue weighted by Gasteiger charge is -2.24. The highest BCUT2D eigenvalue weighted by atomic mass is 32.2. The summed E-state index contributed by atoms with van der Waals surface area (Å²) in [5.41, 5.74) is 0. The van der Waals surface area contributed by atoms with Gasteiger partial charge in [-0.25, -0.2) is 17.2 Å². The van der Waals surface area contributed by atoms with Gasteiger partial charge in [0, 0.05) is 19.1 Å². The Balaban J connectivity index is 2.23. The highest BCUT2D eigenvalue weighted by Crippen LogP contribution is 2.19. The number of rotatable bonds is 5. The van der Waals surface area contributed by atoms with Crippen molar-refractivity contribution in [3.63, 3.8) is 0 Å². The first-order chi connectivity index (χ1) is 9.45. The van der Waals surface area contributed by atoms with E-state index in [-0.39, 0.29) is 10.9 Å². The molecule has 7 heteroatoms. The average molecular weight is 304 g/mol. The Morgan fingerprint density at radius 3 is 2.65 bits per heavy atom. The number of sulfonamides is 1. The minimum Gasteiger partial charge on any atom is -0.313 e. The predicted molar refractivity (Wildman–Crippen MR) is 71.8 cm³/mol. The first kappa shape index (κ1) is 15.3. The summed E-state index contributed by atoms with van der Waals surface area (Å²) in [6.45, 7) is 3.25. The number of hydrogen-bond acceptors (Lipinski definition) is 3. The van der Waals surface area contributed by atoms with Gasteiger partial charge >= 0.3 is 0 Å². The fourth-order valence-corrected chi connectivity index (χ4v) is 3.85. The number of nitrogens with one attached hydrogen (secondary N) is 1. The first-order valence-electron chi connectivity index (χ1n) is 6.63. The van der Waals surface area contributed by atoms with E-state index in [4.69, 9.17) is 0 Å². The van der Waals surface area contributed by atoms with Crippen LogP contribution in [0.4, 0.5) is 8.78 Å². The summed E-state index contributed by atoms with van der Waals surface area (Å²) in [6.07, 6.45) is 1.94. The zero-order chi connectivity index (χ0) is 14.8. The lowest BCUT2D eigenvalue weighted by Crippen LogP contribution is -2.41. The van der Waals surface area contributed by atoms with E-state index in [1.165, 1.54) is 4.31 Å². The highest BCUT2D eigenvalue weighted by molar-refractivity contribution is 7.89. The van der Waals surface area contributed by atoms with Crippen molar-refractivity contribution in [2.75, 3.05) is 19.6 Å². The Bertz CT molecular complexity index is 572. The first-order valence-corrected chi connectivity index (χ1v) is 8.07. The third-order valence-electron chi connectivity index (χ3n) is 3.47. The van der Waals surface area contributed by atoms with Crippen molar-refractivity contribution in [3.05, 3.63) is 29.8 Å². The van der Waals surface area contributed by atoms with Crippen LogP contribution in [0.5, 0.6) is 0 Å². The monoisotopic (exact) mass is 304 g/mol. The van der Waals surface area contributed by atoms with E-state index in [1.54, 1.807) is 6.92 Å². The van der Waals surface area contributed by atoms with E-state index in [0.717, 1.165) is 37.6 Å². The summed E-state index contributed by atoms with van der Waals surface area (Å²) in [7, 11) is -3.79. The minimum absolute atomic E-state index is 0.120. The largest absolute Gasteiger partial charge is 0.313 e. The molecule has 2 rings (SSSR count). The van der Waals surface area contributed by atoms with E-state index in [1.807, 2.05) is 0 Å². The molecule has 112 valence electrons. The van der Waals surface area contributed by atoms with Crippen LogP contribution in [0.2, 0.25) is 0 Å². The molecule has 1 aromatic rings. The third kappa shape index (κ3) is 3.16. The van der Waals surface area contributed by atoms with Gasteiger partial charge in [0.15, 0.2) is 11.6 Å². The lowest BCUT2D eigenvalue weighted by molar-refractivity contribution is 0.382. The minimum atomic E-state index is -3.79. The molecule has 0 aliphatic carbocycles. The number of likely N-dealkylation sites (N-methyl/N-ethyl adjacent to an activating group) is 1. The molecule has 1 unspecified atom stereocenters. The fraction of sp³-hybridized carbons (Fsp3) is 0.538. The predicted octanol–water partition coefficient (Wildman–Crippen LogP) is 1.73. The Hall–Kier alpha value is -1.05. The third-order valence-corrected chi connectivity index (χ3v) is 5.40. The molecule has 1 saturated heterocycles. The molecular weight excluding hydrogens is 286 g/mol. The van der Waals surface area contributed by atoms with Crippen LogP contribution in [-0.2, 0) is 10.0 Å². The highest BCUT2D eigenvalue weighted by Gasteiger charge is 2.27. The van der Waals surface area contributed by atoms with Gasteiger partial charge in [0.25, 0.3) is 0 Å². The maximum atomic E-state index is 13.2. The summed E-state index contributed by atoms with van der Waals surface area (Å²) in [4.78, 5) is -0.212. The normalized spacial score (nSPS) is 19.7. The average Bonchev–Trinajstić information content (AvgIpc) is 2.91. The summed E-state index contributed by atoms with van der Waals surface area (Å²) >= 11 is 0. The van der Waals surface area contributed by atoms with Gasteiger partial charge < -0.3 is 5.32 Å². The Morgan fingerprint density at radius 1 is 1.35 bits per heavy atom. The van der Waals surface area contributed by atoms with E-state index in [9.17, 15) is 17.2 Å². The van der Waals surface area contributed by atoms with Crippen LogP contribution < -0.4 is 5.32 Å². The van der Waals surface area contributed by atoms with Gasteiger partial charge in [-0.15, -0.1) is 0 Å². The van der Waals surface area contributed by atoms with Crippen LogP contribution in [0.15, 0.2) is 23.1 Å². The van der Waals surface area contributed by atoms with Crippen molar-refractivity contribution in [2.24, 2.45) is 0 Å². The molecule has 0 radical (unpaired) electrons. The topological polar surface area (TPSA) is 49.4 Å². The van der Waals surface area contributed by atoms with Gasteiger partial charge in [0.2, 0.25) is 10.0 Å². The second-order valence-electron chi connectivity index (χ2n) is 4.82. The van der Waals surface area contributed by atoms with Gasteiger partial charge in [-0.05, 0) is 37.6 Å². The number of halogens is 2. The van der Waals surface area contributed by atoms with Crippen LogP contribution in [0.25, 0.3) is 0 Å². The zero-order valence-electron chi connectivity index (χ0n) is 11.3. The molecule has 0 amide bonds. The Kier molecular flexibility index (Phi) is 4.72. The van der Waals surface area contributed by atoms with Gasteiger partial charge in [0.1, 0.15) is 0 Å². The van der Waals surface area contributed by atoms with E-state index in [0.29, 0.717) is 13.1 Å². The van der Waals surface area contributed by atoms with Crippen molar-refractivity contribution < 1.29 is 17.2 Å². The van der Waals surface area contributed by atoms with E-state index < -0.39 is 21.7 Å². The van der Waals surface area contributed by atoms with Crippen molar-refractivity contribution in [1.29, 1.82) is 0 Å². The summed E-state index contributed by atoms with van der Waals surface area (Å²) in [5.74, 6) is -2.20. The van der Waals surface area contributed by atoms with Crippen molar-refractivity contribution in [3.8, 4) is 0 Å². The lowest BCUT2D eigenvalue weighted by atomic mass is 10.2. The number of nitrogens with zero attached hydrogens (tertiary/aromatic N) is 1. The SMILES string of the molecule is CCN(CC1CCCN1)S(=O)(=O)c1ccc(F)c(F)c1. The molecule has 1 aromatic carbocycles. The van der Waals surface area contributed by atoms with Crippen LogP contribution in [0.3, 0.4) is 0 Å². The molecule has 0 spiro atoms. The van der Waals surface area contributed by atoms with Crippen LogP contribution in [-0.4, -0.2) is 38.4 Å². The molecule has 0 saturated carbocycles. The van der Waals surface area contributed by atoms with Crippen LogP contribution in [0, 0.1) is 11.6 Å². The maximum absolute atomic E-state index is 13.2. The standard InChI is InChI=1S/C13H18F2N2O2S/c1-2-17(9-10-4-3-7-16-10)20(18,19)11-5-6-12(14)13(15)8-11/h5-6,8,10,16H,2-4,7,9H2,1H3. The van der Waals surface area contributed by atoms with Crippen molar-refractivity contribution in [1.82, 2.24) is 9.62 Å². The molecule has 1 fully saturated rings. The number of benzene rings is 1. The maximum Gasteiger partial charge on any atom is 0.243 e. The smallest absolute Gasteiger partial charge is 0.243 e. The van der Waals surface area contributed by atoms with E-state index >= 15 is 0 Å². The van der Waals surface area contributed by atoms with Crippen LogP contribution >= 0.6 is 0 Å². The van der Waals surface area contributed by atoms with Gasteiger partial charge in [0.05, 0.1) is 4.90 Å². The summed E-state index contributed by atoms with van der Waals surface area (Å²) < 4.78 is 52.3. The molecule has 4 nitrogen and oxygen atoms in total. The molecule has 1 heterocycles. The molecule has 1 aliphatic rings. The fourth-order valence-electron chi connectivity index (χ4n) is 2.34.